The maximum absolute atomic E-state index is 5.38. The topological polar surface area (TPSA) is 21.3 Å². The first-order valence-corrected chi connectivity index (χ1v) is 7.82. The van der Waals surface area contributed by atoms with E-state index in [1.54, 1.807) is 7.11 Å². The Bertz CT molecular complexity index is 447. The number of rotatable bonds is 4. The van der Waals surface area contributed by atoms with Gasteiger partial charge in [0, 0.05) is 6.04 Å². The van der Waals surface area contributed by atoms with Gasteiger partial charge in [0.1, 0.15) is 5.75 Å². The molecule has 20 heavy (non-hydrogen) atoms. The molecule has 2 atom stereocenters. The highest BCUT2D eigenvalue weighted by molar-refractivity contribution is 5.39. The number of hydrogen-bond acceptors (Lipinski definition) is 2. The summed E-state index contributed by atoms with van der Waals surface area (Å²) in [6.45, 7) is 10.4. The SMILES string of the molecule is COc1ccc2c(c1)C(NCC(C)C(C)(C)C)CCC2. The summed E-state index contributed by atoms with van der Waals surface area (Å²) in [6, 6.07) is 7.01. The first-order valence-electron chi connectivity index (χ1n) is 7.82. The summed E-state index contributed by atoms with van der Waals surface area (Å²) in [5.74, 6) is 1.64. The molecule has 2 nitrogen and oxygen atoms in total. The summed E-state index contributed by atoms with van der Waals surface area (Å²) in [6.07, 6.45) is 3.71. The number of hydrogen-bond donors (Lipinski definition) is 1. The predicted molar refractivity (Wildman–Crippen MR) is 85.3 cm³/mol. The van der Waals surface area contributed by atoms with E-state index in [-0.39, 0.29) is 0 Å². The zero-order chi connectivity index (χ0) is 14.8. The largest absolute Gasteiger partial charge is 0.497 e. The second-order valence-electron chi connectivity index (χ2n) is 7.18. The molecule has 0 saturated heterocycles. The molecule has 1 aromatic carbocycles. The zero-order valence-electron chi connectivity index (χ0n) is 13.6. The number of methoxy groups -OCH3 is 1. The lowest BCUT2D eigenvalue weighted by Gasteiger charge is -2.32. The monoisotopic (exact) mass is 275 g/mol. The van der Waals surface area contributed by atoms with Crippen LogP contribution in [0.3, 0.4) is 0 Å². The Kier molecular flexibility index (Phi) is 4.74. The third-order valence-electron chi connectivity index (χ3n) is 4.82. The van der Waals surface area contributed by atoms with Gasteiger partial charge in [-0.15, -0.1) is 0 Å². The highest BCUT2D eigenvalue weighted by atomic mass is 16.5. The van der Waals surface area contributed by atoms with Gasteiger partial charge < -0.3 is 10.1 Å². The van der Waals surface area contributed by atoms with Crippen molar-refractivity contribution in [2.75, 3.05) is 13.7 Å². The van der Waals surface area contributed by atoms with Crippen LogP contribution in [0, 0.1) is 11.3 Å². The Labute approximate surface area is 123 Å². The van der Waals surface area contributed by atoms with Crippen LogP contribution in [0.5, 0.6) is 5.75 Å². The molecule has 0 radical (unpaired) electrons. The van der Waals surface area contributed by atoms with E-state index < -0.39 is 0 Å². The molecule has 0 bridgehead atoms. The van der Waals surface area contributed by atoms with Crippen LogP contribution in [0.4, 0.5) is 0 Å². The first-order chi connectivity index (χ1) is 9.41. The molecule has 2 unspecified atom stereocenters. The third kappa shape index (κ3) is 3.54. The fourth-order valence-electron chi connectivity index (χ4n) is 2.74. The molecular formula is C18H29NO. The van der Waals surface area contributed by atoms with Crippen LogP contribution in [-0.4, -0.2) is 13.7 Å². The lowest BCUT2D eigenvalue weighted by atomic mass is 9.81. The van der Waals surface area contributed by atoms with Crippen molar-refractivity contribution in [2.24, 2.45) is 11.3 Å². The van der Waals surface area contributed by atoms with Crippen LogP contribution < -0.4 is 10.1 Å². The average Bonchev–Trinajstić information content (AvgIpc) is 2.43. The summed E-state index contributed by atoms with van der Waals surface area (Å²) in [7, 11) is 1.74. The molecule has 1 N–H and O–H groups in total. The molecule has 2 rings (SSSR count). The number of aryl methyl sites for hydroxylation is 1. The van der Waals surface area contributed by atoms with Crippen molar-refractivity contribution in [3.63, 3.8) is 0 Å². The lowest BCUT2D eigenvalue weighted by molar-refractivity contribution is 0.242. The van der Waals surface area contributed by atoms with E-state index in [0.717, 1.165) is 12.3 Å². The first kappa shape index (κ1) is 15.4. The van der Waals surface area contributed by atoms with E-state index in [1.165, 1.54) is 30.4 Å². The predicted octanol–water partition coefficient (Wildman–Crippen LogP) is 4.34. The number of nitrogens with one attached hydrogen (secondary N) is 1. The van der Waals surface area contributed by atoms with Crippen LogP contribution in [0.25, 0.3) is 0 Å². The molecule has 2 heteroatoms. The molecule has 0 fully saturated rings. The van der Waals surface area contributed by atoms with E-state index in [9.17, 15) is 0 Å². The molecule has 0 spiro atoms. The van der Waals surface area contributed by atoms with Crippen molar-refractivity contribution < 1.29 is 4.74 Å². The zero-order valence-corrected chi connectivity index (χ0v) is 13.6. The smallest absolute Gasteiger partial charge is 0.119 e. The van der Waals surface area contributed by atoms with Gasteiger partial charge in [-0.3, -0.25) is 0 Å². The molecule has 0 saturated carbocycles. The minimum atomic E-state index is 0.360. The summed E-state index contributed by atoms with van der Waals surface area (Å²) < 4.78 is 5.38. The molecule has 0 aliphatic heterocycles. The Balaban J connectivity index is 2.08. The standard InChI is InChI=1S/C18H29NO/c1-13(18(2,3)4)12-19-17-8-6-7-14-9-10-15(20-5)11-16(14)17/h9-11,13,17,19H,6-8,12H2,1-5H3. The van der Waals surface area contributed by atoms with Crippen LogP contribution >= 0.6 is 0 Å². The van der Waals surface area contributed by atoms with Gasteiger partial charge in [0.15, 0.2) is 0 Å². The Morgan fingerprint density at radius 2 is 2.10 bits per heavy atom. The van der Waals surface area contributed by atoms with E-state index in [1.807, 2.05) is 0 Å². The number of fused-ring (bicyclic) bond motifs is 1. The van der Waals surface area contributed by atoms with Crippen LogP contribution in [0.2, 0.25) is 0 Å². The Morgan fingerprint density at radius 1 is 1.35 bits per heavy atom. The van der Waals surface area contributed by atoms with Crippen LogP contribution in [-0.2, 0) is 6.42 Å². The van der Waals surface area contributed by atoms with Gasteiger partial charge in [0.05, 0.1) is 7.11 Å². The van der Waals surface area contributed by atoms with E-state index in [0.29, 0.717) is 17.4 Å². The van der Waals surface area contributed by atoms with Crippen molar-refractivity contribution in [3.8, 4) is 5.75 Å². The normalized spacial score (nSPS) is 20.4. The van der Waals surface area contributed by atoms with Gasteiger partial charge in [-0.25, -0.2) is 0 Å². The molecule has 1 aliphatic rings. The van der Waals surface area contributed by atoms with Crippen molar-refractivity contribution >= 4 is 0 Å². The van der Waals surface area contributed by atoms with E-state index in [2.05, 4.69) is 51.2 Å². The van der Waals surface area contributed by atoms with Gasteiger partial charge in [-0.2, -0.15) is 0 Å². The second-order valence-corrected chi connectivity index (χ2v) is 7.18. The van der Waals surface area contributed by atoms with Crippen molar-refractivity contribution in [2.45, 2.75) is 53.0 Å². The molecule has 0 heterocycles. The van der Waals surface area contributed by atoms with Crippen LogP contribution in [0.15, 0.2) is 18.2 Å². The summed E-state index contributed by atoms with van der Waals surface area (Å²) in [5, 5.41) is 3.78. The molecule has 1 aromatic rings. The highest BCUT2D eigenvalue weighted by Crippen LogP contribution is 2.33. The minimum absolute atomic E-state index is 0.360. The Hall–Kier alpha value is -1.02. The fourth-order valence-corrected chi connectivity index (χ4v) is 2.74. The summed E-state index contributed by atoms with van der Waals surface area (Å²) in [5.41, 5.74) is 3.29. The molecule has 0 amide bonds. The van der Waals surface area contributed by atoms with Gasteiger partial charge in [0.25, 0.3) is 0 Å². The fraction of sp³-hybridized carbons (Fsp3) is 0.667. The van der Waals surface area contributed by atoms with Gasteiger partial charge in [-0.05, 0) is 60.4 Å². The van der Waals surface area contributed by atoms with Crippen molar-refractivity contribution in [1.82, 2.24) is 5.32 Å². The molecule has 0 aromatic heterocycles. The second kappa shape index (κ2) is 6.17. The van der Waals surface area contributed by atoms with E-state index >= 15 is 0 Å². The van der Waals surface area contributed by atoms with E-state index in [4.69, 9.17) is 4.74 Å². The quantitative estimate of drug-likeness (QED) is 0.882. The molecule has 112 valence electrons. The minimum Gasteiger partial charge on any atom is -0.497 e. The summed E-state index contributed by atoms with van der Waals surface area (Å²) >= 11 is 0. The van der Waals surface area contributed by atoms with Gasteiger partial charge >= 0.3 is 0 Å². The van der Waals surface area contributed by atoms with Crippen molar-refractivity contribution in [3.05, 3.63) is 29.3 Å². The number of benzene rings is 1. The molecule has 1 aliphatic carbocycles. The Morgan fingerprint density at radius 3 is 2.75 bits per heavy atom. The highest BCUT2D eigenvalue weighted by Gasteiger charge is 2.24. The maximum atomic E-state index is 5.38. The number of ether oxygens (including phenoxy) is 1. The average molecular weight is 275 g/mol. The maximum Gasteiger partial charge on any atom is 0.119 e. The lowest BCUT2D eigenvalue weighted by Crippen LogP contribution is -2.33. The van der Waals surface area contributed by atoms with Gasteiger partial charge in [0.2, 0.25) is 0 Å². The van der Waals surface area contributed by atoms with Gasteiger partial charge in [-0.1, -0.05) is 33.8 Å². The third-order valence-corrected chi connectivity index (χ3v) is 4.82. The van der Waals surface area contributed by atoms with Crippen LogP contribution in [0.1, 0.15) is 57.7 Å². The van der Waals surface area contributed by atoms with Crippen molar-refractivity contribution in [1.29, 1.82) is 0 Å². The molecular weight excluding hydrogens is 246 g/mol. The summed E-state index contributed by atoms with van der Waals surface area (Å²) in [4.78, 5) is 0.